The van der Waals surface area contributed by atoms with Crippen molar-refractivity contribution in [2.45, 2.75) is 19.3 Å². The fraction of sp³-hybridized carbons (Fsp3) is 0.176. The van der Waals surface area contributed by atoms with E-state index in [0.717, 1.165) is 36.9 Å². The molecule has 28 heavy (non-hydrogen) atoms. The molecule has 1 aliphatic rings. The highest BCUT2D eigenvalue weighted by Crippen LogP contribution is 2.21. The molecule has 0 atom stereocenters. The Morgan fingerprint density at radius 1 is 0.964 bits per heavy atom. The smallest absolute Gasteiger partial charge is 0.475 e. The van der Waals surface area contributed by atoms with Gasteiger partial charge in [0, 0.05) is 24.8 Å². The Morgan fingerprint density at radius 2 is 1.61 bits per heavy atom. The second kappa shape index (κ2) is 8.65. The van der Waals surface area contributed by atoms with Crippen LogP contribution in [0.5, 0.6) is 0 Å². The second-order valence-electron chi connectivity index (χ2n) is 5.59. The predicted molar refractivity (Wildman–Crippen MR) is 89.7 cm³/mol. The van der Waals surface area contributed by atoms with Crippen LogP contribution in [0.1, 0.15) is 11.1 Å². The zero-order valence-electron chi connectivity index (χ0n) is 14.0. The van der Waals surface area contributed by atoms with Crippen LogP contribution in [-0.2, 0) is 17.9 Å². The molecule has 2 aromatic rings. The fourth-order valence-electron chi connectivity index (χ4n) is 2.25. The lowest BCUT2D eigenvalue weighted by Crippen LogP contribution is -2.21. The molecule has 0 aliphatic carbocycles. The molecule has 6 nitrogen and oxygen atoms in total. The Kier molecular flexibility index (Phi) is 6.52. The third-order valence-corrected chi connectivity index (χ3v) is 3.51. The summed E-state index contributed by atoms with van der Waals surface area (Å²) in [7, 11) is 0. The molecular weight excluding hydrogens is 389 g/mol. The van der Waals surface area contributed by atoms with E-state index in [1.165, 1.54) is 5.56 Å². The summed E-state index contributed by atoms with van der Waals surface area (Å²) < 4.78 is 58.2. The molecule has 3 rings (SSSR count). The van der Waals surface area contributed by atoms with Crippen molar-refractivity contribution in [2.75, 3.05) is 10.6 Å². The van der Waals surface area contributed by atoms with Crippen molar-refractivity contribution < 1.29 is 36.6 Å². The monoisotopic (exact) mass is 403 g/mol. The zero-order valence-corrected chi connectivity index (χ0v) is 14.0. The topological polar surface area (TPSA) is 90.5 Å². The molecule has 0 bridgehead atoms. The summed E-state index contributed by atoms with van der Waals surface area (Å²) in [6, 6.07) is 7.82. The van der Waals surface area contributed by atoms with Gasteiger partial charge in [-0.3, -0.25) is 0 Å². The van der Waals surface area contributed by atoms with E-state index in [1.807, 2.05) is 12.1 Å². The van der Waals surface area contributed by atoms with Crippen molar-refractivity contribution in [3.8, 4) is 0 Å². The number of carboxylic acid groups (broad SMARTS) is 1. The van der Waals surface area contributed by atoms with E-state index in [-0.39, 0.29) is 5.69 Å². The van der Waals surface area contributed by atoms with E-state index >= 15 is 0 Å². The molecule has 1 heterocycles. The average molecular weight is 403 g/mol. The summed E-state index contributed by atoms with van der Waals surface area (Å²) in [6.07, 6.45) is -5.08. The highest BCUT2D eigenvalue weighted by atomic mass is 19.4. The van der Waals surface area contributed by atoms with Gasteiger partial charge in [-0.25, -0.2) is 18.4 Å². The number of urea groups is 1. The molecule has 2 amide bonds. The van der Waals surface area contributed by atoms with Gasteiger partial charge in [-0.1, -0.05) is 6.07 Å². The predicted octanol–water partition coefficient (Wildman–Crippen LogP) is 3.85. The van der Waals surface area contributed by atoms with Crippen LogP contribution in [0.3, 0.4) is 0 Å². The zero-order chi connectivity index (χ0) is 20.9. The number of hydrogen-bond donors (Lipinski definition) is 4. The molecule has 1 aliphatic heterocycles. The summed E-state index contributed by atoms with van der Waals surface area (Å²) >= 11 is 0. The van der Waals surface area contributed by atoms with E-state index < -0.39 is 29.8 Å². The van der Waals surface area contributed by atoms with E-state index in [1.54, 1.807) is 6.07 Å². The second-order valence-corrected chi connectivity index (χ2v) is 5.59. The van der Waals surface area contributed by atoms with Crippen LogP contribution in [0.4, 0.5) is 38.1 Å². The average Bonchev–Trinajstić information content (AvgIpc) is 3.05. The largest absolute Gasteiger partial charge is 0.490 e. The third-order valence-electron chi connectivity index (χ3n) is 3.51. The SMILES string of the molecule is O=C(Nc1ccc2c(c1)CNC2)Nc1cc(F)ccc1F.O=C(O)C(F)(F)F. The summed E-state index contributed by atoms with van der Waals surface area (Å²) in [5, 5.41) is 15.2. The maximum atomic E-state index is 13.4. The molecule has 0 fully saturated rings. The molecule has 0 spiro atoms. The van der Waals surface area contributed by atoms with Crippen LogP contribution in [-0.4, -0.2) is 23.3 Å². The van der Waals surface area contributed by atoms with Gasteiger partial charge in [0.1, 0.15) is 11.6 Å². The minimum absolute atomic E-state index is 0.199. The molecule has 4 N–H and O–H groups in total. The Labute approximate surface area is 155 Å². The first-order valence-electron chi connectivity index (χ1n) is 7.72. The van der Waals surface area contributed by atoms with Crippen LogP contribution in [0.25, 0.3) is 0 Å². The van der Waals surface area contributed by atoms with E-state index in [9.17, 15) is 26.7 Å². The summed E-state index contributed by atoms with van der Waals surface area (Å²) in [6.45, 7) is 1.57. The van der Waals surface area contributed by atoms with E-state index in [4.69, 9.17) is 9.90 Å². The lowest BCUT2D eigenvalue weighted by molar-refractivity contribution is -0.192. The number of hydrogen-bond acceptors (Lipinski definition) is 3. The summed E-state index contributed by atoms with van der Waals surface area (Å²) in [5.74, 6) is -4.06. The van der Waals surface area contributed by atoms with Gasteiger partial charge < -0.3 is 21.1 Å². The first-order chi connectivity index (χ1) is 13.1. The molecule has 0 aromatic heterocycles. The molecule has 0 saturated carbocycles. The lowest BCUT2D eigenvalue weighted by Gasteiger charge is -2.09. The van der Waals surface area contributed by atoms with Gasteiger partial charge in [-0.15, -0.1) is 0 Å². The number of benzene rings is 2. The molecule has 2 aromatic carbocycles. The number of anilines is 2. The van der Waals surface area contributed by atoms with Crippen LogP contribution in [0, 0.1) is 11.6 Å². The summed E-state index contributed by atoms with van der Waals surface area (Å²) in [4.78, 5) is 20.7. The number of amides is 2. The molecule has 0 saturated heterocycles. The first kappa shape index (κ1) is 21.1. The molecular formula is C17H14F5N3O3. The molecule has 0 radical (unpaired) electrons. The highest BCUT2D eigenvalue weighted by Gasteiger charge is 2.38. The number of carbonyl (C=O) groups excluding carboxylic acids is 1. The van der Waals surface area contributed by atoms with Gasteiger partial charge in [0.05, 0.1) is 5.69 Å². The lowest BCUT2D eigenvalue weighted by atomic mass is 10.1. The van der Waals surface area contributed by atoms with Crippen molar-refractivity contribution in [1.82, 2.24) is 5.32 Å². The van der Waals surface area contributed by atoms with Gasteiger partial charge >= 0.3 is 18.2 Å². The summed E-state index contributed by atoms with van der Waals surface area (Å²) in [5.41, 5.74) is 2.71. The van der Waals surface area contributed by atoms with Crippen LogP contribution in [0.15, 0.2) is 36.4 Å². The number of aliphatic carboxylic acids is 1. The molecule has 150 valence electrons. The van der Waals surface area contributed by atoms with Crippen LogP contribution in [0.2, 0.25) is 0 Å². The van der Waals surface area contributed by atoms with Crippen molar-refractivity contribution in [3.05, 3.63) is 59.2 Å². The Balaban J connectivity index is 0.000000345. The minimum Gasteiger partial charge on any atom is -0.475 e. The third kappa shape index (κ3) is 5.91. The van der Waals surface area contributed by atoms with Gasteiger partial charge in [0.2, 0.25) is 0 Å². The minimum atomic E-state index is -5.08. The number of nitrogens with one attached hydrogen (secondary N) is 3. The fourth-order valence-corrected chi connectivity index (χ4v) is 2.25. The van der Waals surface area contributed by atoms with E-state index in [2.05, 4.69) is 16.0 Å². The normalized spacial score (nSPS) is 12.5. The van der Waals surface area contributed by atoms with Gasteiger partial charge in [0.15, 0.2) is 0 Å². The molecule has 0 unspecified atom stereocenters. The van der Waals surface area contributed by atoms with Crippen molar-refractivity contribution in [3.63, 3.8) is 0 Å². The maximum Gasteiger partial charge on any atom is 0.490 e. The standard InChI is InChI=1S/C15H13F2N3O.C2HF3O2/c16-11-2-4-13(17)14(6-11)20-15(21)19-12-3-1-9-7-18-8-10(9)5-12;3-2(4,5)1(6)7/h1-6,18H,7-8H2,(H2,19,20,21);(H,6,7). The number of halogens is 5. The van der Waals surface area contributed by atoms with Gasteiger partial charge in [0.25, 0.3) is 0 Å². The van der Waals surface area contributed by atoms with Crippen molar-refractivity contribution >= 4 is 23.4 Å². The van der Waals surface area contributed by atoms with Crippen LogP contribution < -0.4 is 16.0 Å². The van der Waals surface area contributed by atoms with Gasteiger partial charge in [-0.2, -0.15) is 13.2 Å². The van der Waals surface area contributed by atoms with Gasteiger partial charge in [-0.05, 0) is 35.4 Å². The Morgan fingerprint density at radius 3 is 2.25 bits per heavy atom. The number of rotatable bonds is 2. The maximum absolute atomic E-state index is 13.4. The van der Waals surface area contributed by atoms with E-state index in [0.29, 0.717) is 5.69 Å². The Hall–Kier alpha value is -3.21. The van der Waals surface area contributed by atoms with Crippen molar-refractivity contribution in [2.24, 2.45) is 0 Å². The number of carboxylic acids is 1. The number of fused-ring (bicyclic) bond motifs is 1. The van der Waals surface area contributed by atoms with Crippen LogP contribution >= 0.6 is 0 Å². The quantitative estimate of drug-likeness (QED) is 0.574. The number of carbonyl (C=O) groups is 2. The first-order valence-corrected chi connectivity index (χ1v) is 7.72. The number of alkyl halides is 3. The molecule has 11 heteroatoms. The highest BCUT2D eigenvalue weighted by molar-refractivity contribution is 5.99. The Bertz CT molecular complexity index is 887. The van der Waals surface area contributed by atoms with Crippen molar-refractivity contribution in [1.29, 1.82) is 0 Å².